The predicted octanol–water partition coefficient (Wildman–Crippen LogP) is 2.80. The van der Waals surface area contributed by atoms with Crippen LogP contribution in [0.5, 0.6) is 0 Å². The Hall–Kier alpha value is -1.34. The van der Waals surface area contributed by atoms with Crippen LogP contribution >= 0.6 is 11.3 Å². The number of thiazole rings is 1. The van der Waals surface area contributed by atoms with Gasteiger partial charge in [-0.05, 0) is 12.1 Å². The molecule has 1 unspecified atom stereocenters. The fraction of sp³-hybridized carbons (Fsp3) is 0.222. The Kier molecular flexibility index (Phi) is 2.73. The summed E-state index contributed by atoms with van der Waals surface area (Å²) in [6, 6.07) is 2.53. The first-order chi connectivity index (χ1) is 7.48. The number of nitrogens with zero attached hydrogens (tertiary/aromatic N) is 1. The first kappa shape index (κ1) is 11.2. The lowest BCUT2D eigenvalue weighted by Gasteiger charge is -2.04. The largest absolute Gasteiger partial charge is 0.467 e. The van der Waals surface area contributed by atoms with E-state index in [1.807, 2.05) is 0 Å². The lowest BCUT2D eigenvalue weighted by Crippen LogP contribution is -2.08. The topological polar surface area (TPSA) is 52.0 Å². The summed E-state index contributed by atoms with van der Waals surface area (Å²) in [5, 5.41) is -0.899. The minimum atomic E-state index is -4.42. The van der Waals surface area contributed by atoms with E-state index in [9.17, 15) is 13.2 Å². The van der Waals surface area contributed by atoms with Gasteiger partial charge < -0.3 is 10.2 Å². The van der Waals surface area contributed by atoms with Gasteiger partial charge >= 0.3 is 6.18 Å². The van der Waals surface area contributed by atoms with Crippen molar-refractivity contribution in [1.29, 1.82) is 0 Å². The van der Waals surface area contributed by atoms with Crippen molar-refractivity contribution in [1.82, 2.24) is 4.98 Å². The van der Waals surface area contributed by atoms with E-state index >= 15 is 0 Å². The molecular weight excluding hydrogens is 241 g/mol. The highest BCUT2D eigenvalue weighted by Gasteiger charge is 2.35. The number of hydrogen-bond acceptors (Lipinski definition) is 4. The van der Waals surface area contributed by atoms with Gasteiger partial charge in [0.1, 0.15) is 5.76 Å². The highest BCUT2D eigenvalue weighted by Crippen LogP contribution is 2.35. The highest BCUT2D eigenvalue weighted by molar-refractivity contribution is 7.11. The van der Waals surface area contributed by atoms with Crippen molar-refractivity contribution in [2.24, 2.45) is 5.73 Å². The fourth-order valence-corrected chi connectivity index (χ4v) is 1.96. The summed E-state index contributed by atoms with van der Waals surface area (Å²) in [6.07, 6.45) is -1.88. The van der Waals surface area contributed by atoms with Crippen molar-refractivity contribution in [3.63, 3.8) is 0 Å². The Bertz CT molecular complexity index is 463. The van der Waals surface area contributed by atoms with E-state index in [1.54, 1.807) is 12.1 Å². The summed E-state index contributed by atoms with van der Waals surface area (Å²) in [5.74, 6) is 0.414. The standard InChI is InChI=1S/C9H7F3N2OS/c10-9(11,12)8-14-4-6(16-8)7(13)5-2-1-3-15-5/h1-4,7H,13H2. The third kappa shape index (κ3) is 2.10. The molecule has 1 atom stereocenters. The molecule has 2 N–H and O–H groups in total. The molecule has 0 bridgehead atoms. The molecule has 7 heteroatoms. The van der Waals surface area contributed by atoms with E-state index < -0.39 is 17.2 Å². The number of furan rings is 1. The van der Waals surface area contributed by atoms with Crippen LogP contribution in [-0.4, -0.2) is 4.98 Å². The second kappa shape index (κ2) is 3.91. The Balaban J connectivity index is 2.26. The van der Waals surface area contributed by atoms with Crippen molar-refractivity contribution in [2.75, 3.05) is 0 Å². The Morgan fingerprint density at radius 1 is 1.44 bits per heavy atom. The molecule has 0 spiro atoms. The second-order valence-electron chi connectivity index (χ2n) is 3.06. The van der Waals surface area contributed by atoms with Gasteiger partial charge in [0, 0.05) is 11.1 Å². The van der Waals surface area contributed by atoms with Crippen LogP contribution in [-0.2, 0) is 6.18 Å². The molecule has 2 aromatic heterocycles. The van der Waals surface area contributed by atoms with E-state index in [0.717, 1.165) is 6.20 Å². The maximum absolute atomic E-state index is 12.3. The molecule has 0 saturated carbocycles. The Labute approximate surface area is 92.7 Å². The van der Waals surface area contributed by atoms with Gasteiger partial charge in [-0.25, -0.2) is 4.98 Å². The summed E-state index contributed by atoms with van der Waals surface area (Å²) in [5.41, 5.74) is 5.73. The van der Waals surface area contributed by atoms with Crippen LogP contribution in [0.4, 0.5) is 13.2 Å². The van der Waals surface area contributed by atoms with Crippen LogP contribution < -0.4 is 5.73 Å². The van der Waals surface area contributed by atoms with Crippen molar-refractivity contribution in [3.8, 4) is 0 Å². The Morgan fingerprint density at radius 3 is 2.69 bits per heavy atom. The average molecular weight is 248 g/mol. The monoisotopic (exact) mass is 248 g/mol. The molecule has 2 aromatic rings. The Morgan fingerprint density at radius 2 is 2.19 bits per heavy atom. The molecule has 0 saturated heterocycles. The van der Waals surface area contributed by atoms with Gasteiger partial charge in [0.15, 0.2) is 5.01 Å². The number of nitrogens with two attached hydrogens (primary N) is 1. The van der Waals surface area contributed by atoms with Crippen LogP contribution in [0.15, 0.2) is 29.0 Å². The van der Waals surface area contributed by atoms with E-state index in [-0.39, 0.29) is 0 Å². The van der Waals surface area contributed by atoms with Gasteiger partial charge in [0.25, 0.3) is 0 Å². The van der Waals surface area contributed by atoms with E-state index in [2.05, 4.69) is 4.98 Å². The first-order valence-corrected chi connectivity index (χ1v) is 5.12. The number of rotatable bonds is 2. The maximum Gasteiger partial charge on any atom is 0.443 e. The zero-order valence-electron chi connectivity index (χ0n) is 7.86. The average Bonchev–Trinajstić information content (AvgIpc) is 2.87. The van der Waals surface area contributed by atoms with Crippen molar-refractivity contribution >= 4 is 11.3 Å². The minimum absolute atomic E-state index is 0.322. The number of halogens is 3. The summed E-state index contributed by atoms with van der Waals surface area (Å²) in [6.45, 7) is 0. The van der Waals surface area contributed by atoms with Crippen LogP contribution in [0.1, 0.15) is 21.7 Å². The second-order valence-corrected chi connectivity index (χ2v) is 4.12. The van der Waals surface area contributed by atoms with Crippen LogP contribution in [0, 0.1) is 0 Å². The number of aromatic nitrogens is 1. The van der Waals surface area contributed by atoms with Crippen LogP contribution in [0.2, 0.25) is 0 Å². The molecule has 0 aliphatic heterocycles. The van der Waals surface area contributed by atoms with Crippen LogP contribution in [0.25, 0.3) is 0 Å². The van der Waals surface area contributed by atoms with E-state index in [4.69, 9.17) is 10.2 Å². The fourth-order valence-electron chi connectivity index (χ4n) is 1.17. The van der Waals surface area contributed by atoms with E-state index in [1.165, 1.54) is 6.26 Å². The van der Waals surface area contributed by atoms with Crippen LogP contribution in [0.3, 0.4) is 0 Å². The lowest BCUT2D eigenvalue weighted by atomic mass is 10.2. The highest BCUT2D eigenvalue weighted by atomic mass is 32.1. The van der Waals surface area contributed by atoms with Crippen molar-refractivity contribution < 1.29 is 17.6 Å². The maximum atomic E-state index is 12.3. The molecule has 0 aliphatic rings. The van der Waals surface area contributed by atoms with E-state index in [0.29, 0.717) is 22.0 Å². The molecule has 0 amide bonds. The minimum Gasteiger partial charge on any atom is -0.467 e. The zero-order valence-corrected chi connectivity index (χ0v) is 8.68. The summed E-state index contributed by atoms with van der Waals surface area (Å²) in [4.78, 5) is 3.61. The zero-order chi connectivity index (χ0) is 11.8. The quantitative estimate of drug-likeness (QED) is 0.889. The van der Waals surface area contributed by atoms with Gasteiger partial charge in [-0.2, -0.15) is 13.2 Å². The van der Waals surface area contributed by atoms with Gasteiger partial charge in [-0.1, -0.05) is 0 Å². The van der Waals surface area contributed by atoms with Gasteiger partial charge in [-0.3, -0.25) is 0 Å². The molecule has 0 radical (unpaired) electrons. The normalized spacial score (nSPS) is 14.0. The molecule has 2 rings (SSSR count). The number of alkyl halides is 3. The smallest absolute Gasteiger partial charge is 0.443 e. The van der Waals surface area contributed by atoms with Crippen molar-refractivity contribution in [3.05, 3.63) is 40.2 Å². The van der Waals surface area contributed by atoms with Gasteiger partial charge in [0.05, 0.1) is 12.3 Å². The summed E-state index contributed by atoms with van der Waals surface area (Å²) in [7, 11) is 0. The molecule has 16 heavy (non-hydrogen) atoms. The van der Waals surface area contributed by atoms with Gasteiger partial charge in [0.2, 0.25) is 0 Å². The molecule has 0 aliphatic carbocycles. The molecule has 0 fully saturated rings. The lowest BCUT2D eigenvalue weighted by molar-refractivity contribution is -0.137. The number of hydrogen-bond donors (Lipinski definition) is 1. The predicted molar refractivity (Wildman–Crippen MR) is 51.9 cm³/mol. The summed E-state index contributed by atoms with van der Waals surface area (Å²) >= 11 is 0.525. The molecule has 2 heterocycles. The third-order valence-electron chi connectivity index (χ3n) is 1.92. The molecule has 86 valence electrons. The molecular formula is C9H7F3N2OS. The summed E-state index contributed by atoms with van der Waals surface area (Å²) < 4.78 is 41.9. The molecule has 3 nitrogen and oxygen atoms in total. The molecule has 0 aromatic carbocycles. The van der Waals surface area contributed by atoms with Crippen molar-refractivity contribution in [2.45, 2.75) is 12.2 Å². The SMILES string of the molecule is NC(c1ccco1)c1cnc(C(F)(F)F)s1. The first-order valence-electron chi connectivity index (χ1n) is 4.30. The van der Waals surface area contributed by atoms with Gasteiger partial charge in [-0.15, -0.1) is 11.3 Å². The third-order valence-corrected chi connectivity index (χ3v) is 3.05.